The quantitative estimate of drug-likeness (QED) is 0.0493. The highest BCUT2D eigenvalue weighted by Crippen LogP contribution is 2.24. The number of aromatic nitrogens is 2. The molecule has 0 aliphatic heterocycles. The molecule has 0 saturated carbocycles. The summed E-state index contributed by atoms with van der Waals surface area (Å²) in [5, 5.41) is 8.99. The Balaban J connectivity index is 0.845. The molecule has 0 radical (unpaired) electrons. The number of aryl methyl sites for hydroxylation is 1. The summed E-state index contributed by atoms with van der Waals surface area (Å²) in [6, 6.07) is 34.0. The molecule has 5 rings (SSSR count). The van der Waals surface area contributed by atoms with Crippen LogP contribution >= 0.6 is 0 Å². The fourth-order valence-electron chi connectivity index (χ4n) is 6.45. The van der Waals surface area contributed by atoms with Crippen LogP contribution in [0.2, 0.25) is 0 Å². The van der Waals surface area contributed by atoms with E-state index in [1.807, 2.05) is 97.3 Å². The molecule has 0 unspecified atom stereocenters. The van der Waals surface area contributed by atoms with Crippen LogP contribution in [0.25, 0.3) is 22.5 Å². The maximum Gasteiger partial charge on any atom is 0.159 e. The van der Waals surface area contributed by atoms with Gasteiger partial charge in [-0.3, -0.25) is 0 Å². The van der Waals surface area contributed by atoms with E-state index in [4.69, 9.17) is 24.2 Å². The van der Waals surface area contributed by atoms with E-state index in [0.717, 1.165) is 103 Å². The van der Waals surface area contributed by atoms with E-state index >= 15 is 0 Å². The Kier molecular flexibility index (Phi) is 18.6. The monoisotopic (exact) mass is 753 g/mol. The van der Waals surface area contributed by atoms with E-state index in [1.165, 1.54) is 44.1 Å². The van der Waals surface area contributed by atoms with Crippen molar-refractivity contribution in [1.29, 1.82) is 5.26 Å². The molecule has 0 spiro atoms. The summed E-state index contributed by atoms with van der Waals surface area (Å²) in [7, 11) is 0. The van der Waals surface area contributed by atoms with Crippen LogP contribution in [-0.2, 0) is 6.42 Å². The molecule has 0 amide bonds. The Morgan fingerprint density at radius 1 is 0.464 bits per heavy atom. The molecule has 0 atom stereocenters. The van der Waals surface area contributed by atoms with Gasteiger partial charge in [-0.25, -0.2) is 9.97 Å². The average molecular weight is 754 g/mol. The molecule has 56 heavy (non-hydrogen) atoms. The average Bonchev–Trinajstić information content (AvgIpc) is 3.25. The van der Waals surface area contributed by atoms with Gasteiger partial charge in [0.05, 0.1) is 38.1 Å². The molecular weight excluding hydrogens is 695 g/mol. The second kappa shape index (κ2) is 24.9. The zero-order valence-corrected chi connectivity index (χ0v) is 33.3. The molecule has 0 fully saturated rings. The van der Waals surface area contributed by atoms with E-state index in [1.54, 1.807) is 0 Å². The van der Waals surface area contributed by atoms with Gasteiger partial charge in [0.15, 0.2) is 5.82 Å². The van der Waals surface area contributed by atoms with Crippen molar-refractivity contribution in [3.63, 3.8) is 0 Å². The van der Waals surface area contributed by atoms with Gasteiger partial charge in [-0.05, 0) is 142 Å². The van der Waals surface area contributed by atoms with Crippen molar-refractivity contribution in [2.45, 2.75) is 103 Å². The molecule has 1 aromatic heterocycles. The Bertz CT molecular complexity index is 1840. The van der Waals surface area contributed by atoms with Gasteiger partial charge in [0.25, 0.3) is 0 Å². The lowest BCUT2D eigenvalue weighted by atomic mass is 10.0. The molecule has 0 saturated heterocycles. The second-order valence-corrected chi connectivity index (χ2v) is 14.4. The lowest BCUT2D eigenvalue weighted by molar-refractivity contribution is 0.279. The normalized spacial score (nSPS) is 10.9. The number of hydrogen-bond acceptors (Lipinski definition) is 7. The number of nitriles is 1. The van der Waals surface area contributed by atoms with Crippen LogP contribution in [-0.4, -0.2) is 36.4 Å². The minimum Gasteiger partial charge on any atom is -0.494 e. The van der Waals surface area contributed by atoms with Gasteiger partial charge >= 0.3 is 0 Å². The molecule has 294 valence electrons. The second-order valence-electron chi connectivity index (χ2n) is 14.4. The lowest BCUT2D eigenvalue weighted by Crippen LogP contribution is -2.01. The van der Waals surface area contributed by atoms with Crippen molar-refractivity contribution in [1.82, 2.24) is 9.97 Å². The maximum atomic E-state index is 8.99. The van der Waals surface area contributed by atoms with Crippen LogP contribution in [0, 0.1) is 11.3 Å². The molecule has 4 aromatic carbocycles. The zero-order valence-electron chi connectivity index (χ0n) is 33.3. The fraction of sp³-hybridized carbons (Fsp3) is 0.408. The first-order valence-corrected chi connectivity index (χ1v) is 20.8. The van der Waals surface area contributed by atoms with Gasteiger partial charge in [-0.15, -0.1) is 0 Å². The molecular formula is C49H59N3O4. The highest BCUT2D eigenvalue weighted by molar-refractivity contribution is 5.65. The van der Waals surface area contributed by atoms with Crippen molar-refractivity contribution in [3.05, 3.63) is 121 Å². The minimum absolute atomic E-state index is 0.668. The van der Waals surface area contributed by atoms with E-state index in [9.17, 15) is 0 Å². The van der Waals surface area contributed by atoms with Crippen LogP contribution in [0.15, 0.2) is 109 Å². The van der Waals surface area contributed by atoms with Crippen LogP contribution in [0.3, 0.4) is 0 Å². The SMILES string of the molecule is CCCCCCCCc1cnc(-c2ccc(OCCCCCCOc3cccc(OCCCCCCOc4ccc(-c5ccc(C#N)cc5)cc4)c3)cc2)nc1. The Labute approximate surface area is 335 Å². The van der Waals surface area contributed by atoms with Gasteiger partial charge in [0.1, 0.15) is 23.0 Å². The summed E-state index contributed by atoms with van der Waals surface area (Å²) in [5.74, 6) is 4.22. The molecule has 0 aliphatic carbocycles. The van der Waals surface area contributed by atoms with Crippen LogP contribution in [0.4, 0.5) is 0 Å². The van der Waals surface area contributed by atoms with Crippen molar-refractivity contribution >= 4 is 0 Å². The van der Waals surface area contributed by atoms with E-state index < -0.39 is 0 Å². The number of nitrogens with zero attached hydrogens (tertiary/aromatic N) is 3. The predicted octanol–water partition coefficient (Wildman–Crippen LogP) is 12.6. The highest BCUT2D eigenvalue weighted by atomic mass is 16.5. The number of ether oxygens (including phenoxy) is 4. The topological polar surface area (TPSA) is 86.5 Å². The molecule has 0 aliphatic rings. The number of hydrogen-bond donors (Lipinski definition) is 0. The molecule has 5 aromatic rings. The van der Waals surface area contributed by atoms with Crippen molar-refractivity contribution in [3.8, 4) is 51.6 Å². The third kappa shape index (κ3) is 15.4. The molecule has 7 heteroatoms. The fourth-order valence-corrected chi connectivity index (χ4v) is 6.45. The van der Waals surface area contributed by atoms with Crippen LogP contribution < -0.4 is 18.9 Å². The van der Waals surface area contributed by atoms with Gasteiger partial charge in [0, 0.05) is 24.0 Å². The van der Waals surface area contributed by atoms with Gasteiger partial charge in [0.2, 0.25) is 0 Å². The van der Waals surface area contributed by atoms with Crippen molar-refractivity contribution < 1.29 is 18.9 Å². The molecule has 0 bridgehead atoms. The third-order valence-electron chi connectivity index (χ3n) is 9.80. The van der Waals surface area contributed by atoms with Gasteiger partial charge in [-0.2, -0.15) is 5.26 Å². The van der Waals surface area contributed by atoms with Gasteiger partial charge in [-0.1, -0.05) is 69.4 Å². The Morgan fingerprint density at radius 2 is 0.893 bits per heavy atom. The summed E-state index contributed by atoms with van der Waals surface area (Å²) >= 11 is 0. The van der Waals surface area contributed by atoms with E-state index in [0.29, 0.717) is 32.0 Å². The van der Waals surface area contributed by atoms with Crippen LogP contribution in [0.5, 0.6) is 23.0 Å². The Morgan fingerprint density at radius 3 is 1.39 bits per heavy atom. The minimum atomic E-state index is 0.668. The number of benzene rings is 4. The maximum absolute atomic E-state index is 8.99. The largest absolute Gasteiger partial charge is 0.494 e. The summed E-state index contributed by atoms with van der Waals surface area (Å²) < 4.78 is 23.9. The molecule has 7 nitrogen and oxygen atoms in total. The standard InChI is InChI=1S/C49H59N3O4/c1-2-3-4-5-6-11-17-41-38-51-49(52-39-41)44-26-30-46(31-27-44)54-33-13-8-10-15-35-56-48-19-16-18-47(36-48)55-34-14-9-7-12-32-53-45-28-24-43(25-29-45)42-22-20-40(37-50)21-23-42/h16,18-31,36,38-39H,2-15,17,32-35H2,1H3. The zero-order chi connectivity index (χ0) is 38.9. The van der Waals surface area contributed by atoms with E-state index in [-0.39, 0.29) is 0 Å². The first-order chi connectivity index (χ1) is 27.7. The lowest BCUT2D eigenvalue weighted by Gasteiger charge is -2.10. The summed E-state index contributed by atoms with van der Waals surface area (Å²) in [5.41, 5.74) is 5.09. The molecule has 1 heterocycles. The molecule has 0 N–H and O–H groups in total. The van der Waals surface area contributed by atoms with Gasteiger partial charge < -0.3 is 18.9 Å². The summed E-state index contributed by atoms with van der Waals surface area (Å²) in [6.07, 6.45) is 21.2. The van der Waals surface area contributed by atoms with Crippen molar-refractivity contribution in [2.75, 3.05) is 26.4 Å². The number of unbranched alkanes of at least 4 members (excludes halogenated alkanes) is 11. The highest BCUT2D eigenvalue weighted by Gasteiger charge is 2.05. The summed E-state index contributed by atoms with van der Waals surface area (Å²) in [4.78, 5) is 9.21. The van der Waals surface area contributed by atoms with E-state index in [2.05, 4.69) is 35.1 Å². The predicted molar refractivity (Wildman–Crippen MR) is 226 cm³/mol. The van der Waals surface area contributed by atoms with Crippen LogP contribution in [0.1, 0.15) is 108 Å². The third-order valence-corrected chi connectivity index (χ3v) is 9.80. The smallest absolute Gasteiger partial charge is 0.159 e. The summed E-state index contributed by atoms with van der Waals surface area (Å²) in [6.45, 7) is 5.04. The van der Waals surface area contributed by atoms with Crippen molar-refractivity contribution in [2.24, 2.45) is 0 Å². The number of rotatable bonds is 27. The first-order valence-electron chi connectivity index (χ1n) is 20.8. The first kappa shape index (κ1) is 41.8. The Hall–Kier alpha value is -5.35.